The predicted molar refractivity (Wildman–Crippen MR) is 83.6 cm³/mol. The zero-order chi connectivity index (χ0) is 14.0. The van der Waals surface area contributed by atoms with Crippen LogP contribution in [-0.2, 0) is 0 Å². The number of hydrogen-bond acceptors (Lipinski definition) is 2. The van der Waals surface area contributed by atoms with Crippen molar-refractivity contribution in [3.8, 4) is 11.5 Å². The van der Waals surface area contributed by atoms with Crippen LogP contribution in [0.3, 0.4) is 0 Å². The Balaban J connectivity index is 2.46. The maximum Gasteiger partial charge on any atom is 0.139 e. The highest BCUT2D eigenvalue weighted by Crippen LogP contribution is 2.33. The van der Waals surface area contributed by atoms with E-state index < -0.39 is 0 Å². The molecule has 19 heavy (non-hydrogen) atoms. The largest absolute Gasteiger partial charge is 0.456 e. The molecule has 0 unspecified atom stereocenters. The van der Waals surface area contributed by atoms with Gasteiger partial charge in [0.05, 0.1) is 10.6 Å². The van der Waals surface area contributed by atoms with Gasteiger partial charge in [0.2, 0.25) is 0 Å². The number of aryl methyl sites for hydroxylation is 1. The van der Waals surface area contributed by atoms with Crippen LogP contribution in [0.2, 0.25) is 10.0 Å². The molecule has 0 heterocycles. The van der Waals surface area contributed by atoms with E-state index in [1.54, 1.807) is 30.3 Å². The lowest BCUT2D eigenvalue weighted by Gasteiger charge is -2.13. The normalized spacial score (nSPS) is 10.3. The molecule has 2 aromatic rings. The van der Waals surface area contributed by atoms with Crippen LogP contribution in [-0.4, -0.2) is 4.99 Å². The number of rotatable bonds is 3. The quantitative estimate of drug-likeness (QED) is 0.832. The second-order valence-corrected chi connectivity index (χ2v) is 5.27. The Morgan fingerprint density at radius 2 is 1.89 bits per heavy atom. The maximum absolute atomic E-state index is 6.09. The average Bonchev–Trinajstić information content (AvgIpc) is 2.33. The molecule has 0 bridgehead atoms. The topological polar surface area (TPSA) is 35.2 Å². The molecule has 0 saturated carbocycles. The third kappa shape index (κ3) is 3.18. The predicted octanol–water partition coefficient (Wildman–Crippen LogP) is 4.73. The van der Waals surface area contributed by atoms with E-state index in [2.05, 4.69) is 0 Å². The number of benzene rings is 2. The molecule has 0 saturated heterocycles. The fourth-order valence-corrected chi connectivity index (χ4v) is 2.33. The molecule has 0 atom stereocenters. The third-order valence-electron chi connectivity index (χ3n) is 2.59. The van der Waals surface area contributed by atoms with Gasteiger partial charge in [0.15, 0.2) is 0 Å². The van der Waals surface area contributed by atoms with Crippen LogP contribution in [0.1, 0.15) is 11.1 Å². The van der Waals surface area contributed by atoms with Crippen molar-refractivity contribution in [3.63, 3.8) is 0 Å². The molecule has 98 valence electrons. The van der Waals surface area contributed by atoms with Crippen LogP contribution >= 0.6 is 35.4 Å². The summed E-state index contributed by atoms with van der Waals surface area (Å²) in [6.07, 6.45) is 0. The second kappa shape index (κ2) is 5.78. The zero-order valence-corrected chi connectivity index (χ0v) is 12.4. The first-order valence-electron chi connectivity index (χ1n) is 5.51. The van der Waals surface area contributed by atoms with E-state index in [1.807, 2.05) is 13.0 Å². The fraction of sp³-hybridized carbons (Fsp3) is 0.0714. The maximum atomic E-state index is 6.09. The second-order valence-electron chi connectivity index (χ2n) is 3.99. The van der Waals surface area contributed by atoms with Crippen molar-refractivity contribution in [2.24, 2.45) is 5.73 Å². The SMILES string of the molecule is Cc1ccc(Cl)cc1Oc1cccc(Cl)c1C(N)=S. The van der Waals surface area contributed by atoms with Crippen molar-refractivity contribution < 1.29 is 4.74 Å². The Labute approximate surface area is 127 Å². The van der Waals surface area contributed by atoms with Gasteiger partial charge in [-0.3, -0.25) is 0 Å². The summed E-state index contributed by atoms with van der Waals surface area (Å²) in [6.45, 7) is 1.93. The van der Waals surface area contributed by atoms with Crippen LogP contribution in [0, 0.1) is 6.92 Å². The van der Waals surface area contributed by atoms with E-state index in [1.165, 1.54) is 0 Å². The van der Waals surface area contributed by atoms with Gasteiger partial charge >= 0.3 is 0 Å². The minimum absolute atomic E-state index is 0.195. The Morgan fingerprint density at radius 3 is 2.58 bits per heavy atom. The number of hydrogen-bond donors (Lipinski definition) is 1. The Hall–Kier alpha value is -1.29. The lowest BCUT2D eigenvalue weighted by Crippen LogP contribution is -2.11. The highest BCUT2D eigenvalue weighted by Gasteiger charge is 2.12. The summed E-state index contributed by atoms with van der Waals surface area (Å²) < 4.78 is 5.83. The van der Waals surface area contributed by atoms with Gasteiger partial charge in [-0.15, -0.1) is 0 Å². The first-order chi connectivity index (χ1) is 8.99. The van der Waals surface area contributed by atoms with Gasteiger partial charge in [0, 0.05) is 5.02 Å². The Kier molecular flexibility index (Phi) is 4.30. The number of thiocarbonyl (C=S) groups is 1. The summed E-state index contributed by atoms with van der Waals surface area (Å²) in [5, 5.41) is 1.06. The van der Waals surface area contributed by atoms with E-state index in [0.717, 1.165) is 5.56 Å². The smallest absolute Gasteiger partial charge is 0.139 e. The van der Waals surface area contributed by atoms with Crippen molar-refractivity contribution in [2.75, 3.05) is 0 Å². The van der Waals surface area contributed by atoms with Crippen molar-refractivity contribution >= 4 is 40.4 Å². The molecule has 5 heteroatoms. The molecule has 0 aliphatic carbocycles. The van der Waals surface area contributed by atoms with Crippen molar-refractivity contribution in [1.29, 1.82) is 0 Å². The molecule has 0 aliphatic heterocycles. The molecule has 0 aromatic heterocycles. The fourth-order valence-electron chi connectivity index (χ4n) is 1.63. The third-order valence-corrected chi connectivity index (χ3v) is 3.35. The molecule has 0 fully saturated rings. The van der Waals surface area contributed by atoms with Crippen LogP contribution in [0.5, 0.6) is 11.5 Å². The molecular weight excluding hydrogens is 301 g/mol. The summed E-state index contributed by atoms with van der Waals surface area (Å²) in [6, 6.07) is 10.7. The van der Waals surface area contributed by atoms with Gasteiger partial charge in [-0.05, 0) is 36.8 Å². The van der Waals surface area contributed by atoms with Gasteiger partial charge in [-0.1, -0.05) is 47.6 Å². The number of halogens is 2. The molecule has 0 radical (unpaired) electrons. The Bertz CT molecular complexity index is 643. The summed E-state index contributed by atoms with van der Waals surface area (Å²) in [7, 11) is 0. The van der Waals surface area contributed by atoms with Gasteiger partial charge in [-0.25, -0.2) is 0 Å². The first kappa shape index (κ1) is 14.1. The minimum atomic E-state index is 0.195. The van der Waals surface area contributed by atoms with Gasteiger partial charge in [0.25, 0.3) is 0 Å². The van der Waals surface area contributed by atoms with Crippen molar-refractivity contribution in [2.45, 2.75) is 6.92 Å². The average molecular weight is 312 g/mol. The summed E-state index contributed by atoms with van der Waals surface area (Å²) >= 11 is 17.0. The van der Waals surface area contributed by atoms with Crippen LogP contribution < -0.4 is 10.5 Å². The highest BCUT2D eigenvalue weighted by molar-refractivity contribution is 7.80. The number of nitrogens with two attached hydrogens (primary N) is 1. The molecule has 0 spiro atoms. The van der Waals surface area contributed by atoms with Gasteiger partial charge in [0.1, 0.15) is 16.5 Å². The van der Waals surface area contributed by atoms with Gasteiger partial charge < -0.3 is 10.5 Å². The van der Waals surface area contributed by atoms with Crippen molar-refractivity contribution in [1.82, 2.24) is 0 Å². The molecular formula is C14H11Cl2NOS. The lowest BCUT2D eigenvalue weighted by atomic mass is 10.2. The number of ether oxygens (including phenoxy) is 1. The lowest BCUT2D eigenvalue weighted by molar-refractivity contribution is 0.478. The van der Waals surface area contributed by atoms with E-state index in [0.29, 0.717) is 27.1 Å². The molecule has 0 amide bonds. The van der Waals surface area contributed by atoms with E-state index in [4.69, 9.17) is 45.9 Å². The zero-order valence-electron chi connectivity index (χ0n) is 10.1. The summed E-state index contributed by atoms with van der Waals surface area (Å²) in [5.74, 6) is 1.16. The van der Waals surface area contributed by atoms with Crippen LogP contribution in [0.25, 0.3) is 0 Å². The molecule has 2 aromatic carbocycles. The first-order valence-corrected chi connectivity index (χ1v) is 6.68. The molecule has 2 nitrogen and oxygen atoms in total. The minimum Gasteiger partial charge on any atom is -0.456 e. The molecule has 0 aliphatic rings. The van der Waals surface area contributed by atoms with E-state index >= 15 is 0 Å². The van der Waals surface area contributed by atoms with Gasteiger partial charge in [-0.2, -0.15) is 0 Å². The van der Waals surface area contributed by atoms with Crippen molar-refractivity contribution in [3.05, 3.63) is 57.6 Å². The van der Waals surface area contributed by atoms with Crippen LogP contribution in [0.15, 0.2) is 36.4 Å². The van der Waals surface area contributed by atoms with Crippen LogP contribution in [0.4, 0.5) is 0 Å². The Morgan fingerprint density at radius 1 is 1.16 bits per heavy atom. The summed E-state index contributed by atoms with van der Waals surface area (Å²) in [4.78, 5) is 0.195. The highest BCUT2D eigenvalue weighted by atomic mass is 35.5. The standard InChI is InChI=1S/C14H11Cl2NOS/c1-8-5-6-9(15)7-12(8)18-11-4-2-3-10(16)13(11)14(17)19/h2-7H,1H3,(H2,17,19). The molecule has 2 N–H and O–H groups in total. The van der Waals surface area contributed by atoms with E-state index in [9.17, 15) is 0 Å². The summed E-state index contributed by atoms with van der Waals surface area (Å²) in [5.41, 5.74) is 7.16. The monoisotopic (exact) mass is 311 g/mol. The molecule has 2 rings (SSSR count). The van der Waals surface area contributed by atoms with E-state index in [-0.39, 0.29) is 4.99 Å².